The number of benzene rings is 2. The highest BCUT2D eigenvalue weighted by Gasteiger charge is 2.42. The van der Waals surface area contributed by atoms with E-state index < -0.39 is 29.4 Å². The maximum atomic E-state index is 13.4. The van der Waals surface area contributed by atoms with Gasteiger partial charge in [0.2, 0.25) is 0 Å². The van der Waals surface area contributed by atoms with Crippen LogP contribution in [0, 0.1) is 5.82 Å². The SMILES string of the molecule is O=C1C(c2ccc(F)cc2)=C(N2CCCC2)C(=O)N1Cc1cccc(C(F)(F)F)c1. The minimum atomic E-state index is -4.52. The van der Waals surface area contributed by atoms with Crippen molar-refractivity contribution in [2.45, 2.75) is 25.6 Å². The third-order valence-electron chi connectivity index (χ3n) is 5.29. The van der Waals surface area contributed by atoms with Gasteiger partial charge in [0.1, 0.15) is 11.5 Å². The molecule has 4 nitrogen and oxygen atoms in total. The topological polar surface area (TPSA) is 40.6 Å². The van der Waals surface area contributed by atoms with Crippen LogP contribution < -0.4 is 0 Å². The number of imide groups is 1. The lowest BCUT2D eigenvalue weighted by Gasteiger charge is -2.20. The molecule has 0 saturated carbocycles. The van der Waals surface area contributed by atoms with E-state index in [1.165, 1.54) is 36.4 Å². The summed E-state index contributed by atoms with van der Waals surface area (Å²) in [4.78, 5) is 29.1. The van der Waals surface area contributed by atoms with Gasteiger partial charge in [0, 0.05) is 13.1 Å². The van der Waals surface area contributed by atoms with Crippen molar-refractivity contribution in [3.05, 3.63) is 76.7 Å². The maximum absolute atomic E-state index is 13.4. The molecule has 2 aromatic carbocycles. The second-order valence-electron chi connectivity index (χ2n) is 7.32. The van der Waals surface area contributed by atoms with Crippen molar-refractivity contribution in [3.63, 3.8) is 0 Å². The van der Waals surface area contributed by atoms with Gasteiger partial charge in [0.25, 0.3) is 11.8 Å². The molecule has 1 fully saturated rings. The zero-order valence-electron chi connectivity index (χ0n) is 15.9. The molecule has 4 rings (SSSR count). The number of nitrogens with zero attached hydrogens (tertiary/aromatic N) is 2. The predicted molar refractivity (Wildman–Crippen MR) is 101 cm³/mol. The molecule has 2 aromatic rings. The van der Waals surface area contributed by atoms with Crippen molar-refractivity contribution in [2.24, 2.45) is 0 Å². The van der Waals surface area contributed by atoms with Gasteiger partial charge in [-0.3, -0.25) is 14.5 Å². The van der Waals surface area contributed by atoms with Gasteiger partial charge < -0.3 is 4.90 Å². The Balaban J connectivity index is 1.70. The Bertz CT molecular complexity index is 1020. The first kappa shape index (κ1) is 20.1. The molecule has 30 heavy (non-hydrogen) atoms. The summed E-state index contributed by atoms with van der Waals surface area (Å²) in [7, 11) is 0. The second-order valence-corrected chi connectivity index (χ2v) is 7.32. The molecule has 2 aliphatic heterocycles. The molecule has 0 N–H and O–H groups in total. The lowest BCUT2D eigenvalue weighted by atomic mass is 10.0. The lowest BCUT2D eigenvalue weighted by molar-refractivity contribution is -0.138. The van der Waals surface area contributed by atoms with E-state index >= 15 is 0 Å². The van der Waals surface area contributed by atoms with Gasteiger partial charge >= 0.3 is 6.18 Å². The summed E-state index contributed by atoms with van der Waals surface area (Å²) in [6.07, 6.45) is -2.78. The van der Waals surface area contributed by atoms with E-state index in [1.807, 2.05) is 4.90 Å². The molecule has 0 radical (unpaired) electrons. The van der Waals surface area contributed by atoms with Crippen molar-refractivity contribution >= 4 is 17.4 Å². The van der Waals surface area contributed by atoms with Gasteiger partial charge in [-0.2, -0.15) is 13.2 Å². The van der Waals surface area contributed by atoms with E-state index in [0.717, 1.165) is 29.9 Å². The number of likely N-dealkylation sites (tertiary alicyclic amines) is 1. The van der Waals surface area contributed by atoms with Crippen LogP contribution in [0.25, 0.3) is 5.57 Å². The summed E-state index contributed by atoms with van der Waals surface area (Å²) in [5, 5.41) is 0. The highest BCUT2D eigenvalue weighted by Crippen LogP contribution is 2.35. The van der Waals surface area contributed by atoms with Crippen molar-refractivity contribution < 1.29 is 27.2 Å². The maximum Gasteiger partial charge on any atom is 0.416 e. The molecule has 2 heterocycles. The number of amides is 2. The van der Waals surface area contributed by atoms with Gasteiger partial charge in [-0.25, -0.2) is 4.39 Å². The minimum Gasteiger partial charge on any atom is -0.366 e. The molecule has 2 aliphatic rings. The van der Waals surface area contributed by atoms with Crippen LogP contribution in [0.15, 0.2) is 54.2 Å². The van der Waals surface area contributed by atoms with Crippen LogP contribution in [0.3, 0.4) is 0 Å². The highest BCUT2D eigenvalue weighted by atomic mass is 19.4. The molecular formula is C22H18F4N2O2. The van der Waals surface area contributed by atoms with Crippen LogP contribution in [-0.2, 0) is 22.3 Å². The number of hydrogen-bond donors (Lipinski definition) is 0. The Kier molecular flexibility index (Phi) is 5.09. The van der Waals surface area contributed by atoms with E-state index in [2.05, 4.69) is 0 Å². The summed E-state index contributed by atoms with van der Waals surface area (Å²) >= 11 is 0. The average Bonchev–Trinajstić information content (AvgIpc) is 3.31. The van der Waals surface area contributed by atoms with E-state index in [1.54, 1.807) is 0 Å². The minimum absolute atomic E-state index is 0.161. The molecule has 0 aromatic heterocycles. The zero-order chi connectivity index (χ0) is 21.5. The average molecular weight is 418 g/mol. The van der Waals surface area contributed by atoms with Crippen LogP contribution in [0.4, 0.5) is 17.6 Å². The van der Waals surface area contributed by atoms with E-state index in [4.69, 9.17) is 0 Å². The van der Waals surface area contributed by atoms with Crippen LogP contribution in [-0.4, -0.2) is 34.7 Å². The zero-order valence-corrected chi connectivity index (χ0v) is 15.9. The fraction of sp³-hybridized carbons (Fsp3) is 0.273. The van der Waals surface area contributed by atoms with Crippen molar-refractivity contribution in [2.75, 3.05) is 13.1 Å². The molecule has 0 bridgehead atoms. The Morgan fingerprint density at radius 3 is 2.20 bits per heavy atom. The molecule has 8 heteroatoms. The first-order valence-corrected chi connectivity index (χ1v) is 9.53. The molecule has 0 spiro atoms. The van der Waals surface area contributed by atoms with Crippen LogP contribution in [0.2, 0.25) is 0 Å². The molecule has 0 unspecified atom stereocenters. The quantitative estimate of drug-likeness (QED) is 0.552. The van der Waals surface area contributed by atoms with E-state index in [-0.39, 0.29) is 23.4 Å². The number of rotatable bonds is 4. The first-order chi connectivity index (χ1) is 14.3. The molecule has 2 amide bonds. The smallest absolute Gasteiger partial charge is 0.366 e. The van der Waals surface area contributed by atoms with Crippen LogP contribution >= 0.6 is 0 Å². The summed E-state index contributed by atoms with van der Waals surface area (Å²) < 4.78 is 52.4. The summed E-state index contributed by atoms with van der Waals surface area (Å²) in [6, 6.07) is 9.84. The molecule has 0 atom stereocenters. The first-order valence-electron chi connectivity index (χ1n) is 9.53. The predicted octanol–water partition coefficient (Wildman–Crippen LogP) is 4.22. The third kappa shape index (κ3) is 3.69. The van der Waals surface area contributed by atoms with Gasteiger partial charge in [0.15, 0.2) is 0 Å². The Morgan fingerprint density at radius 2 is 1.57 bits per heavy atom. The Hall–Kier alpha value is -3.16. The van der Waals surface area contributed by atoms with Gasteiger partial charge in [-0.15, -0.1) is 0 Å². The fourth-order valence-electron chi connectivity index (χ4n) is 3.85. The fourth-order valence-corrected chi connectivity index (χ4v) is 3.85. The lowest BCUT2D eigenvalue weighted by Crippen LogP contribution is -2.34. The van der Waals surface area contributed by atoms with Gasteiger partial charge in [-0.05, 0) is 48.2 Å². The van der Waals surface area contributed by atoms with Crippen molar-refractivity contribution in [1.29, 1.82) is 0 Å². The third-order valence-corrected chi connectivity index (χ3v) is 5.29. The Morgan fingerprint density at radius 1 is 0.900 bits per heavy atom. The number of hydrogen-bond acceptors (Lipinski definition) is 3. The second kappa shape index (κ2) is 7.59. The van der Waals surface area contributed by atoms with Gasteiger partial charge in [0.05, 0.1) is 17.7 Å². The molecule has 0 aliphatic carbocycles. The standard InChI is InChI=1S/C22H18F4N2O2/c23-17-8-6-15(7-9-17)18-19(27-10-1-2-11-27)21(30)28(20(18)29)13-14-4-3-5-16(12-14)22(24,25)26/h3-9,12H,1-2,10-11,13H2. The largest absolute Gasteiger partial charge is 0.416 e. The van der Waals surface area contributed by atoms with Crippen LogP contribution in [0.5, 0.6) is 0 Å². The van der Waals surface area contributed by atoms with Crippen LogP contribution in [0.1, 0.15) is 29.5 Å². The summed E-state index contributed by atoms with van der Waals surface area (Å²) in [6.45, 7) is 0.941. The summed E-state index contributed by atoms with van der Waals surface area (Å²) in [5.41, 5.74) is 0.159. The molecule has 156 valence electrons. The monoisotopic (exact) mass is 418 g/mol. The number of alkyl halides is 3. The summed E-state index contributed by atoms with van der Waals surface area (Å²) in [5.74, 6) is -1.61. The number of halogens is 4. The highest BCUT2D eigenvalue weighted by molar-refractivity contribution is 6.35. The number of carbonyl (C=O) groups is 2. The molecular weight excluding hydrogens is 400 g/mol. The Labute approximate surface area is 170 Å². The van der Waals surface area contributed by atoms with Crippen molar-refractivity contribution in [3.8, 4) is 0 Å². The van der Waals surface area contributed by atoms with E-state index in [0.29, 0.717) is 18.7 Å². The number of carbonyl (C=O) groups excluding carboxylic acids is 2. The molecule has 1 saturated heterocycles. The van der Waals surface area contributed by atoms with E-state index in [9.17, 15) is 27.2 Å². The van der Waals surface area contributed by atoms with Crippen molar-refractivity contribution in [1.82, 2.24) is 9.80 Å². The van der Waals surface area contributed by atoms with Gasteiger partial charge in [-0.1, -0.05) is 24.3 Å². The normalized spacial score (nSPS) is 17.5.